The minimum absolute atomic E-state index is 0.0779. The Morgan fingerprint density at radius 1 is 1.06 bits per heavy atom. The van der Waals surface area contributed by atoms with E-state index in [2.05, 4.69) is 20.1 Å². The Morgan fingerprint density at radius 2 is 1.83 bits per heavy atom. The van der Waals surface area contributed by atoms with Crippen LogP contribution in [-0.4, -0.2) is 89.5 Å². The summed E-state index contributed by atoms with van der Waals surface area (Å²) >= 11 is 1.42. The van der Waals surface area contributed by atoms with Crippen molar-refractivity contribution in [1.29, 1.82) is 0 Å². The smallest absolute Gasteiger partial charge is 0.496 e. The zero-order chi connectivity index (χ0) is 47.3. The molecule has 5 atom stereocenters. The summed E-state index contributed by atoms with van der Waals surface area (Å²) in [5.41, 5.74) is 0.929. The van der Waals surface area contributed by atoms with Crippen molar-refractivity contribution in [3.63, 3.8) is 0 Å². The molecule has 1 saturated heterocycles. The molecule has 4 aromatic rings. The van der Waals surface area contributed by atoms with Gasteiger partial charge in [0.2, 0.25) is 21.8 Å². The number of thiazole rings is 1. The largest absolute Gasteiger partial charge is 0.573 e. The first kappa shape index (κ1) is 47.0. The van der Waals surface area contributed by atoms with E-state index in [0.29, 0.717) is 77.7 Å². The molecule has 3 N–H and O–H groups in total. The highest BCUT2D eigenvalue weighted by molar-refractivity contribution is 7.91. The number of benzene rings is 2. The van der Waals surface area contributed by atoms with Crippen molar-refractivity contribution in [1.82, 2.24) is 24.9 Å². The minimum atomic E-state index is -5.11. The average molecular weight is 957 g/mol. The SMILES string of the molecule is COc1ccc2c(O[C@@H]3C[C@H]4C(=O)N[C@]5(C(=O)NS(=O)(=O)C6(C)CC6)C[C@H]5/C=C\CCCCC[C@H](Nc5cc(F)cc(OC(F)(F)F)c5)C(=O)N4C3)cc(-c3nc(C(C)C)cs3)nc2c1C. The molecule has 0 radical (unpaired) electrons. The van der Waals surface area contributed by atoms with E-state index in [-0.39, 0.29) is 37.4 Å². The Kier molecular flexibility index (Phi) is 12.8. The molecular weight excluding hydrogens is 905 g/mol. The molecule has 2 saturated carbocycles. The van der Waals surface area contributed by atoms with E-state index in [4.69, 9.17) is 19.4 Å². The van der Waals surface area contributed by atoms with Crippen molar-refractivity contribution in [2.75, 3.05) is 19.0 Å². The van der Waals surface area contributed by atoms with Gasteiger partial charge in [-0.1, -0.05) is 38.8 Å². The van der Waals surface area contributed by atoms with Crippen LogP contribution in [0.15, 0.2) is 53.9 Å². The fraction of sp³-hybridized carbons (Fsp3) is 0.500. The third-order valence-electron chi connectivity index (χ3n) is 12.9. The van der Waals surface area contributed by atoms with E-state index in [0.717, 1.165) is 23.4 Å². The van der Waals surface area contributed by atoms with Crippen LogP contribution in [0.25, 0.3) is 21.6 Å². The maximum atomic E-state index is 15.0. The highest BCUT2D eigenvalue weighted by Gasteiger charge is 2.63. The number of halogens is 4. The van der Waals surface area contributed by atoms with E-state index in [9.17, 15) is 40.4 Å². The number of pyridine rings is 1. The predicted octanol–water partition coefficient (Wildman–Crippen LogP) is 8.06. The first-order chi connectivity index (χ1) is 31.2. The number of allylic oxidation sites excluding steroid dienone is 1. The summed E-state index contributed by atoms with van der Waals surface area (Å²) in [4.78, 5) is 54.9. The Morgan fingerprint density at radius 3 is 2.53 bits per heavy atom. The van der Waals surface area contributed by atoms with Crippen LogP contribution in [0.4, 0.5) is 23.2 Å². The highest BCUT2D eigenvalue weighted by Crippen LogP contribution is 2.48. The van der Waals surface area contributed by atoms with E-state index in [1.165, 1.54) is 16.2 Å². The quantitative estimate of drug-likeness (QED) is 0.0979. The van der Waals surface area contributed by atoms with Crippen LogP contribution in [0.5, 0.6) is 17.2 Å². The molecule has 8 rings (SSSR count). The number of rotatable bonds is 11. The van der Waals surface area contributed by atoms with Crippen LogP contribution in [0, 0.1) is 18.7 Å². The summed E-state index contributed by atoms with van der Waals surface area (Å²) in [6.07, 6.45) is 1.03. The molecule has 14 nitrogen and oxygen atoms in total. The Labute approximate surface area is 383 Å². The summed E-state index contributed by atoms with van der Waals surface area (Å²) in [7, 11) is -2.53. The van der Waals surface area contributed by atoms with Crippen molar-refractivity contribution in [3.05, 3.63) is 71.0 Å². The van der Waals surface area contributed by atoms with Gasteiger partial charge >= 0.3 is 6.36 Å². The van der Waals surface area contributed by atoms with Crippen molar-refractivity contribution in [2.45, 2.75) is 126 Å². The van der Waals surface area contributed by atoms with E-state index in [1.807, 2.05) is 32.2 Å². The van der Waals surface area contributed by atoms with Crippen LogP contribution in [0.1, 0.15) is 95.7 Å². The van der Waals surface area contributed by atoms with Crippen molar-refractivity contribution < 1.29 is 54.6 Å². The van der Waals surface area contributed by atoms with Crippen molar-refractivity contribution >= 4 is 55.7 Å². The molecule has 4 heterocycles. The minimum Gasteiger partial charge on any atom is -0.496 e. The second kappa shape index (κ2) is 18.0. The summed E-state index contributed by atoms with van der Waals surface area (Å²) in [5, 5.41) is 9.01. The summed E-state index contributed by atoms with van der Waals surface area (Å²) in [5.74, 6) is -3.51. The fourth-order valence-electron chi connectivity index (χ4n) is 8.64. The van der Waals surface area contributed by atoms with Gasteiger partial charge in [0.1, 0.15) is 57.5 Å². The van der Waals surface area contributed by atoms with E-state index in [1.54, 1.807) is 38.3 Å². The van der Waals surface area contributed by atoms with Crippen LogP contribution < -0.4 is 29.6 Å². The molecule has 0 bridgehead atoms. The van der Waals surface area contributed by atoms with Gasteiger partial charge in [0.25, 0.3) is 5.91 Å². The number of anilines is 1. The Hall–Kier alpha value is -5.50. The summed E-state index contributed by atoms with van der Waals surface area (Å²) in [6.45, 7) is 7.33. The maximum Gasteiger partial charge on any atom is 0.573 e. The van der Waals surface area contributed by atoms with Gasteiger partial charge in [-0.3, -0.25) is 19.1 Å². The summed E-state index contributed by atoms with van der Waals surface area (Å²) in [6, 6.07) is 5.35. The van der Waals surface area contributed by atoms with Gasteiger partial charge in [-0.15, -0.1) is 24.5 Å². The van der Waals surface area contributed by atoms with E-state index < -0.39 is 80.1 Å². The molecule has 0 unspecified atom stereocenters. The number of nitrogens with one attached hydrogen (secondary N) is 3. The highest BCUT2D eigenvalue weighted by atomic mass is 32.2. The number of amides is 3. The number of alkyl halides is 3. The number of carbonyl (C=O) groups excluding carboxylic acids is 3. The molecule has 354 valence electrons. The van der Waals surface area contributed by atoms with Crippen LogP contribution in [0.2, 0.25) is 0 Å². The molecule has 66 heavy (non-hydrogen) atoms. The van der Waals surface area contributed by atoms with Crippen LogP contribution in [0.3, 0.4) is 0 Å². The average Bonchev–Trinajstić information content (AvgIpc) is 4.01. The van der Waals surface area contributed by atoms with Crippen molar-refractivity contribution in [2.24, 2.45) is 5.92 Å². The third kappa shape index (κ3) is 9.80. The second-order valence-corrected chi connectivity index (χ2v) is 21.2. The number of fused-ring (bicyclic) bond motifs is 3. The number of hydrogen-bond acceptors (Lipinski definition) is 12. The van der Waals surface area contributed by atoms with Gasteiger partial charge in [0.15, 0.2) is 0 Å². The molecule has 2 aliphatic heterocycles. The van der Waals surface area contributed by atoms with Crippen molar-refractivity contribution in [3.8, 4) is 28.0 Å². The molecule has 3 amide bonds. The zero-order valence-corrected chi connectivity index (χ0v) is 38.7. The number of nitrogens with zero attached hydrogens (tertiary/aromatic N) is 3. The molecule has 3 fully saturated rings. The lowest BCUT2D eigenvalue weighted by atomic mass is 10.0. The molecule has 0 spiro atoms. The van der Waals surface area contributed by atoms with E-state index >= 15 is 0 Å². The van der Waals surface area contributed by atoms with Gasteiger partial charge in [-0.05, 0) is 76.5 Å². The third-order valence-corrected chi connectivity index (χ3v) is 16.0. The first-order valence-electron chi connectivity index (χ1n) is 22.0. The molecule has 2 aromatic heterocycles. The monoisotopic (exact) mass is 956 g/mol. The van der Waals surface area contributed by atoms with Crippen LogP contribution in [-0.2, 0) is 24.4 Å². The molecule has 2 aliphatic carbocycles. The Balaban J connectivity index is 1.16. The number of aromatic nitrogens is 2. The number of methoxy groups -OCH3 is 1. The number of carbonyl (C=O) groups is 3. The molecule has 20 heteroatoms. The van der Waals surface area contributed by atoms with Gasteiger partial charge in [-0.2, -0.15) is 0 Å². The van der Waals surface area contributed by atoms with Gasteiger partial charge in [-0.25, -0.2) is 22.8 Å². The lowest BCUT2D eigenvalue weighted by Crippen LogP contribution is -2.58. The number of hydrogen-bond donors (Lipinski definition) is 3. The van der Waals surface area contributed by atoms with Gasteiger partial charge < -0.3 is 29.7 Å². The zero-order valence-electron chi connectivity index (χ0n) is 37.1. The molecule has 2 aromatic carbocycles. The summed E-state index contributed by atoms with van der Waals surface area (Å²) < 4.78 is 98.6. The fourth-order valence-corrected chi connectivity index (χ4v) is 10.9. The predicted molar refractivity (Wildman–Crippen MR) is 239 cm³/mol. The molecule has 4 aliphatic rings. The number of aryl methyl sites for hydroxylation is 1. The maximum absolute atomic E-state index is 15.0. The van der Waals surface area contributed by atoms with Crippen LogP contribution >= 0.6 is 11.3 Å². The number of ether oxygens (including phenoxy) is 3. The Bertz CT molecular complexity index is 2690. The molecular formula is C46H52F4N6O8S2. The lowest BCUT2D eigenvalue weighted by Gasteiger charge is -2.30. The van der Waals surface area contributed by atoms with Gasteiger partial charge in [0, 0.05) is 52.6 Å². The topological polar surface area (TPSA) is 178 Å². The number of sulfonamides is 1. The standard InChI is InChI=1S/C46H52F4N6O8S2/c1-25(2)35-24-65-41(53-35)34-21-38(32-13-14-37(62-5)26(3)39(32)52-34)63-31-20-36-40(57)54-45(43(59)55-66(60,61)44(4)15-16-44)22-27(45)11-9-7-6-8-10-12-33(42(58)56(36)23-31)51-29-17-28(47)18-30(19-29)64-46(48,49)50/h9,11,13-14,17-19,21,24-25,27,31,33,36,51H,6-8,10,12,15-16,20,22-23H2,1-5H3,(H,54,57)(H,55,59)/b11-9-/t27-,31-,33+,36+,45-/m1/s1. The normalized spacial score (nSPS) is 24.9. The van der Waals surface area contributed by atoms with Gasteiger partial charge in [0.05, 0.1) is 29.6 Å². The first-order valence-corrected chi connectivity index (χ1v) is 24.3. The second-order valence-electron chi connectivity index (χ2n) is 18.2. The lowest BCUT2D eigenvalue weighted by molar-refractivity contribution is -0.274.